The average molecular weight is 278 g/mol. The number of nitrogen functional groups attached to an aromatic ring is 1. The maximum Gasteiger partial charge on any atom is 0.344 e. The third kappa shape index (κ3) is 1.55. The monoisotopic (exact) mass is 278 g/mol. The number of furan rings is 1. The molecule has 0 saturated carbocycles. The molecule has 0 atom stereocenters. The highest BCUT2D eigenvalue weighted by atomic mass is 32.1. The summed E-state index contributed by atoms with van der Waals surface area (Å²) in [5, 5.41) is 11.2. The second-order valence-electron chi connectivity index (χ2n) is 4.02. The molecule has 0 unspecified atom stereocenters. The number of esters is 1. The van der Waals surface area contributed by atoms with Crippen LogP contribution >= 0.6 is 11.3 Å². The van der Waals surface area contributed by atoms with Crippen molar-refractivity contribution in [2.24, 2.45) is 0 Å². The molecule has 7 heteroatoms. The molecule has 0 amide bonds. The zero-order valence-electron chi connectivity index (χ0n) is 10.2. The molecule has 3 rings (SSSR count). The Morgan fingerprint density at radius 1 is 1.58 bits per heavy atom. The van der Waals surface area contributed by atoms with Gasteiger partial charge in [0.15, 0.2) is 5.58 Å². The zero-order valence-corrected chi connectivity index (χ0v) is 11.0. The van der Waals surface area contributed by atoms with Crippen molar-refractivity contribution in [2.75, 3.05) is 12.8 Å². The first-order valence-corrected chi connectivity index (χ1v) is 6.24. The number of carbonyl (C=O) groups is 1. The molecule has 3 N–H and O–H groups in total. The summed E-state index contributed by atoms with van der Waals surface area (Å²) < 4.78 is 10.7. The van der Waals surface area contributed by atoms with Gasteiger partial charge in [0, 0.05) is 5.39 Å². The number of carbonyl (C=O) groups excluding carboxylic acids is 1. The van der Waals surface area contributed by atoms with Gasteiger partial charge < -0.3 is 20.0 Å². The molecule has 19 heavy (non-hydrogen) atoms. The molecule has 2 heterocycles. The first-order chi connectivity index (χ1) is 9.02. The molecule has 0 aliphatic rings. The van der Waals surface area contributed by atoms with Gasteiger partial charge in [-0.3, -0.25) is 0 Å². The molecule has 3 aromatic rings. The van der Waals surface area contributed by atoms with Crippen LogP contribution in [0.3, 0.4) is 0 Å². The standard InChI is InChI=1S/C12H10N2O4S/c1-4-14-8-9-5(3-6(15)10(8)19-4)7(11(13)18-9)12(16)17-2/h3,15H,13H2,1-2H3. The van der Waals surface area contributed by atoms with Gasteiger partial charge in [-0.05, 0) is 13.0 Å². The number of hydrogen-bond acceptors (Lipinski definition) is 7. The van der Waals surface area contributed by atoms with Gasteiger partial charge in [-0.25, -0.2) is 9.78 Å². The number of methoxy groups -OCH3 is 1. The fourth-order valence-corrected chi connectivity index (χ4v) is 2.88. The van der Waals surface area contributed by atoms with Crippen molar-refractivity contribution < 1.29 is 19.1 Å². The summed E-state index contributed by atoms with van der Waals surface area (Å²) in [5.74, 6) is -0.611. The number of anilines is 1. The van der Waals surface area contributed by atoms with Gasteiger partial charge in [0.25, 0.3) is 0 Å². The quantitative estimate of drug-likeness (QED) is 0.663. The minimum absolute atomic E-state index is 0.0408. The van der Waals surface area contributed by atoms with Crippen LogP contribution in [0.1, 0.15) is 15.4 Å². The van der Waals surface area contributed by atoms with Crippen molar-refractivity contribution in [1.82, 2.24) is 4.98 Å². The van der Waals surface area contributed by atoms with Crippen LogP contribution in [0.25, 0.3) is 21.2 Å². The van der Waals surface area contributed by atoms with E-state index in [9.17, 15) is 9.90 Å². The van der Waals surface area contributed by atoms with Gasteiger partial charge in [0.05, 0.1) is 12.1 Å². The van der Waals surface area contributed by atoms with Gasteiger partial charge in [0.1, 0.15) is 21.5 Å². The SMILES string of the molecule is COC(=O)c1c(N)oc2c1cc(O)c1sc(C)nc12. The van der Waals surface area contributed by atoms with Gasteiger partial charge in [0.2, 0.25) is 5.88 Å². The summed E-state index contributed by atoms with van der Waals surface area (Å²) in [5.41, 5.74) is 6.70. The molecule has 0 fully saturated rings. The molecule has 2 aromatic heterocycles. The largest absolute Gasteiger partial charge is 0.506 e. The van der Waals surface area contributed by atoms with Crippen LogP contribution in [0.15, 0.2) is 10.5 Å². The van der Waals surface area contributed by atoms with Crippen molar-refractivity contribution in [3.63, 3.8) is 0 Å². The Balaban J connectivity index is 2.49. The molecule has 0 aliphatic heterocycles. The highest BCUT2D eigenvalue weighted by molar-refractivity contribution is 7.19. The van der Waals surface area contributed by atoms with Crippen LogP contribution in [0.4, 0.5) is 5.88 Å². The molecular weight excluding hydrogens is 268 g/mol. The minimum Gasteiger partial charge on any atom is -0.506 e. The number of aromatic nitrogens is 1. The second kappa shape index (κ2) is 3.86. The summed E-state index contributed by atoms with van der Waals surface area (Å²) in [6, 6.07) is 1.45. The number of nitrogens with zero attached hydrogens (tertiary/aromatic N) is 1. The topological polar surface area (TPSA) is 98.6 Å². The maximum absolute atomic E-state index is 11.7. The van der Waals surface area contributed by atoms with Crippen LogP contribution < -0.4 is 5.73 Å². The number of thiazole rings is 1. The summed E-state index contributed by atoms with van der Waals surface area (Å²) >= 11 is 1.34. The number of nitrogens with two attached hydrogens (primary N) is 1. The van der Waals surface area contributed by atoms with E-state index in [1.54, 1.807) is 0 Å². The summed E-state index contributed by atoms with van der Waals surface area (Å²) in [4.78, 5) is 16.0. The Morgan fingerprint density at radius 3 is 3.00 bits per heavy atom. The number of fused-ring (bicyclic) bond motifs is 3. The lowest BCUT2D eigenvalue weighted by molar-refractivity contribution is 0.0603. The third-order valence-electron chi connectivity index (χ3n) is 2.82. The van der Waals surface area contributed by atoms with Gasteiger partial charge in [-0.1, -0.05) is 0 Å². The Morgan fingerprint density at radius 2 is 2.32 bits per heavy atom. The normalized spacial score (nSPS) is 11.3. The maximum atomic E-state index is 11.7. The van der Waals surface area contributed by atoms with Crippen molar-refractivity contribution in [1.29, 1.82) is 0 Å². The molecule has 0 radical (unpaired) electrons. The number of aryl methyl sites for hydroxylation is 1. The van der Waals surface area contributed by atoms with Crippen molar-refractivity contribution in [2.45, 2.75) is 6.92 Å². The van der Waals surface area contributed by atoms with Crippen LogP contribution in [0, 0.1) is 6.92 Å². The van der Waals surface area contributed by atoms with Gasteiger partial charge in [-0.2, -0.15) is 0 Å². The van der Waals surface area contributed by atoms with Crippen LogP contribution in [-0.4, -0.2) is 23.2 Å². The Bertz CT molecular complexity index is 818. The number of phenols is 1. The predicted molar refractivity (Wildman–Crippen MR) is 71.5 cm³/mol. The number of phenolic OH excluding ortho intramolecular Hbond substituents is 1. The van der Waals surface area contributed by atoms with Crippen molar-refractivity contribution in [3.05, 3.63) is 16.6 Å². The number of benzene rings is 1. The lowest BCUT2D eigenvalue weighted by Crippen LogP contribution is -2.03. The first-order valence-electron chi connectivity index (χ1n) is 5.42. The number of rotatable bonds is 1. The fraction of sp³-hybridized carbons (Fsp3) is 0.167. The molecule has 0 aliphatic carbocycles. The molecule has 6 nitrogen and oxygen atoms in total. The van der Waals surface area contributed by atoms with Crippen LogP contribution in [0.2, 0.25) is 0 Å². The van der Waals surface area contributed by atoms with E-state index in [1.807, 2.05) is 6.92 Å². The Hall–Kier alpha value is -2.28. The van der Waals surface area contributed by atoms with E-state index in [4.69, 9.17) is 10.2 Å². The first kappa shape index (κ1) is 11.8. The molecule has 0 bridgehead atoms. The van der Waals surface area contributed by atoms with E-state index < -0.39 is 5.97 Å². The van der Waals surface area contributed by atoms with Crippen molar-refractivity contribution >= 4 is 44.4 Å². The summed E-state index contributed by atoms with van der Waals surface area (Å²) in [6.07, 6.45) is 0. The van der Waals surface area contributed by atoms with Gasteiger partial charge >= 0.3 is 5.97 Å². The Kier molecular flexibility index (Phi) is 2.39. The summed E-state index contributed by atoms with van der Waals surface area (Å²) in [7, 11) is 1.26. The smallest absolute Gasteiger partial charge is 0.344 e. The third-order valence-corrected chi connectivity index (χ3v) is 3.82. The summed E-state index contributed by atoms with van der Waals surface area (Å²) in [6.45, 7) is 1.82. The lowest BCUT2D eigenvalue weighted by Gasteiger charge is -1.98. The predicted octanol–water partition coefficient (Wildman–Crippen LogP) is 2.43. The van der Waals surface area contributed by atoms with Crippen LogP contribution in [-0.2, 0) is 4.74 Å². The molecule has 98 valence electrons. The number of hydrogen-bond donors (Lipinski definition) is 2. The number of aromatic hydroxyl groups is 1. The minimum atomic E-state index is -0.609. The van der Waals surface area contributed by atoms with E-state index >= 15 is 0 Å². The fourth-order valence-electron chi connectivity index (χ4n) is 2.05. The van der Waals surface area contributed by atoms with Crippen molar-refractivity contribution in [3.8, 4) is 5.75 Å². The zero-order chi connectivity index (χ0) is 13.7. The van der Waals surface area contributed by atoms with E-state index in [0.29, 0.717) is 21.2 Å². The average Bonchev–Trinajstić information content (AvgIpc) is 2.89. The van der Waals surface area contributed by atoms with Gasteiger partial charge in [-0.15, -0.1) is 11.3 Å². The lowest BCUT2D eigenvalue weighted by atomic mass is 10.1. The molecule has 0 spiro atoms. The molecule has 0 saturated heterocycles. The molecule has 1 aromatic carbocycles. The molecular formula is C12H10N2O4S. The highest BCUT2D eigenvalue weighted by Crippen LogP contribution is 2.40. The van der Waals surface area contributed by atoms with E-state index in [1.165, 1.54) is 24.5 Å². The van der Waals surface area contributed by atoms with Crippen LogP contribution in [0.5, 0.6) is 5.75 Å². The van der Waals surface area contributed by atoms with E-state index in [-0.39, 0.29) is 17.2 Å². The highest BCUT2D eigenvalue weighted by Gasteiger charge is 2.24. The van der Waals surface area contributed by atoms with E-state index in [0.717, 1.165) is 5.01 Å². The Labute approximate surface area is 111 Å². The van der Waals surface area contributed by atoms with E-state index in [2.05, 4.69) is 9.72 Å². The number of ether oxygens (including phenoxy) is 1. The second-order valence-corrected chi connectivity index (χ2v) is 5.22.